The Kier molecular flexibility index (Phi) is 13.1. The SMILES string of the molecule is Cc1c(COc2cc(OCc3cncc(C#N)c3)c(CNC[C@@H](O)CC(=O)O)cc2Cl)cccc1-c1cccc(-c2ccc3c(c2)CNCC3NC(=O)NC2CC2)c1C. The predicted octanol–water partition coefficient (Wildman–Crippen LogP) is 7.25. The van der Waals surface area contributed by atoms with Crippen LogP contribution in [-0.4, -0.2) is 52.4 Å². The number of hydrogen-bond donors (Lipinski definition) is 6. The summed E-state index contributed by atoms with van der Waals surface area (Å²) >= 11 is 6.79. The number of fused-ring (bicyclic) bond motifs is 1. The average molecular weight is 815 g/mol. The largest absolute Gasteiger partial charge is 0.488 e. The molecule has 0 bridgehead atoms. The molecular weight excluding hydrogens is 768 g/mol. The van der Waals surface area contributed by atoms with Crippen LogP contribution >= 0.6 is 11.6 Å². The third kappa shape index (κ3) is 10.4. The summed E-state index contributed by atoms with van der Waals surface area (Å²) in [5.74, 6) is -0.215. The molecule has 1 fully saturated rings. The van der Waals surface area contributed by atoms with Gasteiger partial charge in [-0.05, 0) is 95.0 Å². The highest BCUT2D eigenvalue weighted by Crippen LogP contribution is 2.38. The van der Waals surface area contributed by atoms with Gasteiger partial charge in [0.15, 0.2) is 0 Å². The molecule has 6 N–H and O–H groups in total. The molecule has 2 heterocycles. The summed E-state index contributed by atoms with van der Waals surface area (Å²) in [6, 6.07) is 26.4. The molecule has 59 heavy (non-hydrogen) atoms. The maximum atomic E-state index is 12.5. The van der Waals surface area contributed by atoms with E-state index in [1.807, 2.05) is 12.1 Å². The predicted molar refractivity (Wildman–Crippen MR) is 225 cm³/mol. The van der Waals surface area contributed by atoms with Crippen LogP contribution in [0.15, 0.2) is 85.2 Å². The fraction of sp³-hybridized carbons (Fsp3) is 0.304. The third-order valence-corrected chi connectivity index (χ3v) is 11.0. The smallest absolute Gasteiger partial charge is 0.315 e. The van der Waals surface area contributed by atoms with Crippen molar-refractivity contribution in [1.29, 1.82) is 5.26 Å². The molecule has 0 saturated heterocycles. The number of nitriles is 1. The van der Waals surface area contributed by atoms with Crippen LogP contribution in [0.5, 0.6) is 11.5 Å². The summed E-state index contributed by atoms with van der Waals surface area (Å²) in [4.78, 5) is 27.7. The van der Waals surface area contributed by atoms with Gasteiger partial charge in [0, 0.05) is 61.8 Å². The molecule has 1 aliphatic carbocycles. The molecule has 7 rings (SSSR count). The van der Waals surface area contributed by atoms with E-state index >= 15 is 0 Å². The molecule has 4 aromatic carbocycles. The van der Waals surface area contributed by atoms with E-state index in [1.165, 1.54) is 11.8 Å². The Morgan fingerprint density at radius 1 is 0.932 bits per heavy atom. The minimum atomic E-state index is -1.09. The molecule has 0 radical (unpaired) electrons. The molecular formula is C46H47ClN6O6. The fourth-order valence-corrected chi connectivity index (χ4v) is 7.63. The van der Waals surface area contributed by atoms with Crippen molar-refractivity contribution < 1.29 is 29.3 Å². The molecule has 1 saturated carbocycles. The van der Waals surface area contributed by atoms with Gasteiger partial charge in [-0.3, -0.25) is 9.78 Å². The number of aromatic nitrogens is 1. The topological polar surface area (TPSA) is 178 Å². The highest BCUT2D eigenvalue weighted by Gasteiger charge is 2.27. The summed E-state index contributed by atoms with van der Waals surface area (Å²) in [6.07, 6.45) is 3.74. The van der Waals surface area contributed by atoms with Gasteiger partial charge in [-0.25, -0.2) is 4.79 Å². The van der Waals surface area contributed by atoms with E-state index in [0.29, 0.717) is 45.8 Å². The Balaban J connectivity index is 1.09. The number of aliphatic hydroxyl groups excluding tert-OH is 1. The van der Waals surface area contributed by atoms with Crippen molar-refractivity contribution in [3.8, 4) is 39.8 Å². The van der Waals surface area contributed by atoms with E-state index in [2.05, 4.69) is 88.6 Å². The van der Waals surface area contributed by atoms with Gasteiger partial charge in [-0.2, -0.15) is 5.26 Å². The third-order valence-electron chi connectivity index (χ3n) is 10.7. The lowest BCUT2D eigenvalue weighted by molar-refractivity contribution is -0.139. The van der Waals surface area contributed by atoms with Crippen LogP contribution in [0.25, 0.3) is 22.3 Å². The van der Waals surface area contributed by atoms with Crippen molar-refractivity contribution in [3.05, 3.63) is 135 Å². The maximum Gasteiger partial charge on any atom is 0.315 e. The first kappa shape index (κ1) is 41.2. The van der Waals surface area contributed by atoms with Crippen molar-refractivity contribution >= 4 is 23.6 Å². The van der Waals surface area contributed by atoms with Gasteiger partial charge in [0.05, 0.1) is 29.2 Å². The van der Waals surface area contributed by atoms with Crippen molar-refractivity contribution in [3.63, 3.8) is 0 Å². The molecule has 1 aromatic heterocycles. The number of aliphatic hydroxyl groups is 1. The van der Waals surface area contributed by atoms with Crippen LogP contribution in [0.3, 0.4) is 0 Å². The Morgan fingerprint density at radius 3 is 2.47 bits per heavy atom. The lowest BCUT2D eigenvalue weighted by Gasteiger charge is -2.28. The number of nitrogens with one attached hydrogen (secondary N) is 4. The number of carbonyl (C=O) groups excluding carboxylic acids is 1. The average Bonchev–Trinajstić information content (AvgIpc) is 4.04. The van der Waals surface area contributed by atoms with E-state index in [-0.39, 0.29) is 44.8 Å². The second kappa shape index (κ2) is 18.7. The zero-order valence-electron chi connectivity index (χ0n) is 33.0. The standard InChI is InChI=1S/C46H47ClN6O6/c1-27-32(26-59-44-17-43(58-25-30-13-29(18-48)19-49-20-30)34(15-41(44)47)22-50-23-36(54)16-45(55)56)5-3-7-38(27)39-8-4-6-37(28(39)2)31-9-12-40-33(14-31)21-51-24-42(40)53-46(57)52-35-10-11-35/h3-9,12-15,17,19-20,35-36,42,50-51,54H,10-11,16,21-26H2,1-2H3,(H,55,56)(H2,52,53,57)/t36-,42?/m0/s1. The van der Waals surface area contributed by atoms with Gasteiger partial charge in [0.2, 0.25) is 0 Å². The quantitative estimate of drug-likeness (QED) is 0.0595. The number of ether oxygens (including phenoxy) is 2. The van der Waals surface area contributed by atoms with Gasteiger partial charge in [0.25, 0.3) is 0 Å². The van der Waals surface area contributed by atoms with Gasteiger partial charge in [-0.1, -0.05) is 60.1 Å². The minimum Gasteiger partial charge on any atom is -0.488 e. The summed E-state index contributed by atoms with van der Waals surface area (Å²) in [6.45, 7) is 6.30. The number of benzene rings is 4. The summed E-state index contributed by atoms with van der Waals surface area (Å²) in [5.41, 5.74) is 11.7. The number of aliphatic carboxylic acids is 1. The first-order valence-corrected chi connectivity index (χ1v) is 20.1. The van der Waals surface area contributed by atoms with E-state index < -0.39 is 12.1 Å². The molecule has 2 atom stereocenters. The highest BCUT2D eigenvalue weighted by atomic mass is 35.5. The number of carboxylic acids is 1. The van der Waals surface area contributed by atoms with Crippen molar-refractivity contribution in [2.75, 3.05) is 13.1 Å². The number of carbonyl (C=O) groups is 2. The summed E-state index contributed by atoms with van der Waals surface area (Å²) in [7, 11) is 0. The van der Waals surface area contributed by atoms with Crippen molar-refractivity contribution in [2.45, 2.75) is 77.6 Å². The highest BCUT2D eigenvalue weighted by molar-refractivity contribution is 6.32. The van der Waals surface area contributed by atoms with Crippen LogP contribution < -0.4 is 30.7 Å². The van der Waals surface area contributed by atoms with Gasteiger partial charge >= 0.3 is 12.0 Å². The second-order valence-corrected chi connectivity index (χ2v) is 15.5. The van der Waals surface area contributed by atoms with E-state index in [4.69, 9.17) is 26.2 Å². The number of nitrogens with zero attached hydrogens (tertiary/aromatic N) is 2. The van der Waals surface area contributed by atoms with Gasteiger partial charge in [0.1, 0.15) is 30.8 Å². The molecule has 2 amide bonds. The van der Waals surface area contributed by atoms with Crippen LogP contribution in [0.2, 0.25) is 5.02 Å². The number of urea groups is 1. The summed E-state index contributed by atoms with van der Waals surface area (Å²) in [5, 5.41) is 41.5. The number of halogens is 1. The summed E-state index contributed by atoms with van der Waals surface area (Å²) < 4.78 is 12.6. The van der Waals surface area contributed by atoms with E-state index in [1.54, 1.807) is 24.4 Å². The zero-order chi connectivity index (χ0) is 41.5. The normalized spacial score (nSPS) is 15.1. The van der Waals surface area contributed by atoms with E-state index in [9.17, 15) is 20.0 Å². The van der Waals surface area contributed by atoms with Crippen molar-refractivity contribution in [1.82, 2.24) is 26.3 Å². The molecule has 2 aliphatic rings. The maximum absolute atomic E-state index is 12.5. The Hall–Kier alpha value is -5.97. The van der Waals surface area contributed by atoms with E-state index in [0.717, 1.165) is 63.9 Å². The van der Waals surface area contributed by atoms with Gasteiger partial charge < -0.3 is 41.0 Å². The zero-order valence-corrected chi connectivity index (χ0v) is 33.7. The lowest BCUT2D eigenvalue weighted by Crippen LogP contribution is -2.44. The number of hydrogen-bond acceptors (Lipinski definition) is 9. The van der Waals surface area contributed by atoms with Gasteiger partial charge in [-0.15, -0.1) is 0 Å². The Labute approximate surface area is 348 Å². The fourth-order valence-electron chi connectivity index (χ4n) is 7.39. The number of pyridine rings is 1. The second-order valence-electron chi connectivity index (χ2n) is 15.1. The first-order valence-electron chi connectivity index (χ1n) is 19.7. The van der Waals surface area contributed by atoms with Crippen molar-refractivity contribution in [2.24, 2.45) is 0 Å². The number of carboxylic acid groups (broad SMARTS) is 1. The minimum absolute atomic E-state index is 0.0538. The molecule has 304 valence electrons. The van der Waals surface area contributed by atoms with Crippen LogP contribution in [0.4, 0.5) is 4.79 Å². The molecule has 1 aliphatic heterocycles. The Bertz CT molecular complexity index is 2400. The number of rotatable bonds is 16. The lowest BCUT2D eigenvalue weighted by atomic mass is 9.87. The molecule has 12 nitrogen and oxygen atoms in total. The molecule has 1 unspecified atom stereocenters. The molecule has 0 spiro atoms. The van der Waals surface area contributed by atoms with Crippen LogP contribution in [0, 0.1) is 25.2 Å². The van der Waals surface area contributed by atoms with Crippen LogP contribution in [-0.2, 0) is 31.1 Å². The monoisotopic (exact) mass is 814 g/mol. The Morgan fingerprint density at radius 2 is 1.69 bits per heavy atom. The first-order chi connectivity index (χ1) is 28.6. The van der Waals surface area contributed by atoms with Crippen LogP contribution in [0.1, 0.15) is 69.8 Å². The molecule has 13 heteroatoms. The number of amides is 2. The molecule has 5 aromatic rings.